The molecule has 1 saturated heterocycles. The fourth-order valence-electron chi connectivity index (χ4n) is 3.83. The first-order valence-electron chi connectivity index (χ1n) is 8.23. The molecule has 1 aromatic rings. The second-order valence-corrected chi connectivity index (χ2v) is 6.40. The number of hydrogen-bond donors (Lipinski definition) is 1. The van der Waals surface area contributed by atoms with Gasteiger partial charge in [0.15, 0.2) is 0 Å². The van der Waals surface area contributed by atoms with Gasteiger partial charge in [-0.15, -0.1) is 0 Å². The minimum atomic E-state index is 0.288. The molecule has 0 aromatic heterocycles. The normalized spacial score (nSPS) is 23.4. The van der Waals surface area contributed by atoms with Gasteiger partial charge >= 0.3 is 0 Å². The third-order valence-electron chi connectivity index (χ3n) is 5.04. The van der Waals surface area contributed by atoms with Crippen LogP contribution in [0.5, 0.6) is 0 Å². The number of hydrogen-bond acceptors (Lipinski definition) is 2. The van der Waals surface area contributed by atoms with E-state index < -0.39 is 0 Å². The van der Waals surface area contributed by atoms with Crippen molar-refractivity contribution < 1.29 is 4.74 Å². The zero-order valence-electron chi connectivity index (χ0n) is 12.6. The van der Waals surface area contributed by atoms with Gasteiger partial charge in [0.05, 0.1) is 0 Å². The number of rotatable bonds is 6. The highest BCUT2D eigenvalue weighted by atomic mass is 16.5. The van der Waals surface area contributed by atoms with Gasteiger partial charge in [-0.1, -0.05) is 37.3 Å². The second kappa shape index (κ2) is 6.28. The largest absolute Gasteiger partial charge is 0.381 e. The Kier molecular flexibility index (Phi) is 4.42. The Morgan fingerprint density at radius 3 is 2.50 bits per heavy atom. The van der Waals surface area contributed by atoms with Gasteiger partial charge in [-0.2, -0.15) is 0 Å². The highest BCUT2D eigenvalue weighted by molar-refractivity contribution is 5.29. The Hall–Kier alpha value is -0.860. The lowest BCUT2D eigenvalue weighted by Crippen LogP contribution is -2.53. The Morgan fingerprint density at radius 1 is 1.20 bits per heavy atom. The van der Waals surface area contributed by atoms with Crippen LogP contribution in [-0.4, -0.2) is 25.8 Å². The maximum atomic E-state index is 5.67. The van der Waals surface area contributed by atoms with Gasteiger partial charge in [0.1, 0.15) is 0 Å². The SMILES string of the molecule is CCCNC(C1CC1)C1(c2ccccc2)CCOCC1. The van der Waals surface area contributed by atoms with Crippen molar-refractivity contribution >= 4 is 0 Å². The van der Waals surface area contributed by atoms with Crippen molar-refractivity contribution in [2.24, 2.45) is 5.92 Å². The maximum Gasteiger partial charge on any atom is 0.0475 e. The Balaban J connectivity index is 1.91. The molecule has 1 heterocycles. The topological polar surface area (TPSA) is 21.3 Å². The quantitative estimate of drug-likeness (QED) is 0.856. The average molecular weight is 273 g/mol. The molecule has 1 aliphatic heterocycles. The summed E-state index contributed by atoms with van der Waals surface area (Å²) < 4.78 is 5.67. The number of benzene rings is 1. The van der Waals surface area contributed by atoms with E-state index in [-0.39, 0.29) is 5.41 Å². The molecule has 3 rings (SSSR count). The van der Waals surface area contributed by atoms with Crippen LogP contribution in [0.25, 0.3) is 0 Å². The van der Waals surface area contributed by atoms with Crippen LogP contribution in [0.15, 0.2) is 30.3 Å². The maximum absolute atomic E-state index is 5.67. The monoisotopic (exact) mass is 273 g/mol. The summed E-state index contributed by atoms with van der Waals surface area (Å²) in [6.45, 7) is 5.21. The summed E-state index contributed by atoms with van der Waals surface area (Å²) in [4.78, 5) is 0. The number of nitrogens with one attached hydrogen (secondary N) is 1. The molecule has 0 spiro atoms. The van der Waals surface area contributed by atoms with Gasteiger partial charge in [-0.25, -0.2) is 0 Å². The van der Waals surface area contributed by atoms with Crippen LogP contribution in [0.4, 0.5) is 0 Å². The van der Waals surface area contributed by atoms with E-state index in [1.807, 2.05) is 0 Å². The van der Waals surface area contributed by atoms with Crippen molar-refractivity contribution in [2.75, 3.05) is 19.8 Å². The number of ether oxygens (including phenoxy) is 1. The van der Waals surface area contributed by atoms with Crippen LogP contribution in [0, 0.1) is 5.92 Å². The molecule has 1 N–H and O–H groups in total. The molecule has 0 bridgehead atoms. The third kappa shape index (κ3) is 2.77. The minimum Gasteiger partial charge on any atom is -0.381 e. The van der Waals surface area contributed by atoms with Crippen molar-refractivity contribution in [3.05, 3.63) is 35.9 Å². The van der Waals surface area contributed by atoms with Crippen molar-refractivity contribution in [1.29, 1.82) is 0 Å². The molecule has 2 fully saturated rings. The van der Waals surface area contributed by atoms with Crippen molar-refractivity contribution in [3.8, 4) is 0 Å². The average Bonchev–Trinajstić information content (AvgIpc) is 3.34. The summed E-state index contributed by atoms with van der Waals surface area (Å²) >= 11 is 0. The van der Waals surface area contributed by atoms with Crippen molar-refractivity contribution in [3.63, 3.8) is 0 Å². The standard InChI is InChI=1S/C18H27NO/c1-2-12-19-17(15-8-9-15)18(10-13-20-14-11-18)16-6-4-3-5-7-16/h3-7,15,17,19H,2,8-14H2,1H3. The summed E-state index contributed by atoms with van der Waals surface area (Å²) in [7, 11) is 0. The first kappa shape index (κ1) is 14.1. The van der Waals surface area contributed by atoms with Crippen molar-refractivity contribution in [1.82, 2.24) is 5.32 Å². The Bertz CT molecular complexity index is 407. The molecule has 110 valence electrons. The lowest BCUT2D eigenvalue weighted by atomic mass is 9.67. The van der Waals surface area contributed by atoms with Gasteiger partial charge in [0.25, 0.3) is 0 Å². The lowest BCUT2D eigenvalue weighted by Gasteiger charge is -2.45. The lowest BCUT2D eigenvalue weighted by molar-refractivity contribution is 0.0307. The Morgan fingerprint density at radius 2 is 1.90 bits per heavy atom. The molecule has 1 unspecified atom stereocenters. The van der Waals surface area contributed by atoms with E-state index in [0.29, 0.717) is 6.04 Å². The molecule has 1 atom stereocenters. The summed E-state index contributed by atoms with van der Waals surface area (Å²) in [5.74, 6) is 0.875. The molecule has 20 heavy (non-hydrogen) atoms. The van der Waals surface area contributed by atoms with E-state index in [1.54, 1.807) is 0 Å². The smallest absolute Gasteiger partial charge is 0.0475 e. The van der Waals surface area contributed by atoms with Crippen LogP contribution in [0.3, 0.4) is 0 Å². The van der Waals surface area contributed by atoms with Crippen LogP contribution in [0.1, 0.15) is 44.6 Å². The fraction of sp³-hybridized carbons (Fsp3) is 0.667. The third-order valence-corrected chi connectivity index (χ3v) is 5.04. The van der Waals surface area contributed by atoms with E-state index in [9.17, 15) is 0 Å². The van der Waals surface area contributed by atoms with Gasteiger partial charge in [-0.05, 0) is 50.1 Å². The van der Waals surface area contributed by atoms with E-state index in [1.165, 1.54) is 24.8 Å². The van der Waals surface area contributed by atoms with Gasteiger partial charge < -0.3 is 10.1 Å². The highest BCUT2D eigenvalue weighted by Crippen LogP contribution is 2.47. The molecule has 1 aromatic carbocycles. The molecule has 1 saturated carbocycles. The molecular formula is C18H27NO. The predicted octanol–water partition coefficient (Wildman–Crippen LogP) is 3.51. The first-order chi connectivity index (χ1) is 9.87. The van der Waals surface area contributed by atoms with Gasteiger partial charge in [0.2, 0.25) is 0 Å². The van der Waals surface area contributed by atoms with Crippen LogP contribution in [0.2, 0.25) is 0 Å². The second-order valence-electron chi connectivity index (χ2n) is 6.40. The van der Waals surface area contributed by atoms with Crippen LogP contribution >= 0.6 is 0 Å². The van der Waals surface area contributed by atoms with Gasteiger partial charge in [0, 0.05) is 24.7 Å². The van der Waals surface area contributed by atoms with Gasteiger partial charge in [-0.3, -0.25) is 0 Å². The predicted molar refractivity (Wildman–Crippen MR) is 83.0 cm³/mol. The van der Waals surface area contributed by atoms with Crippen molar-refractivity contribution in [2.45, 2.75) is 50.5 Å². The fourth-order valence-corrected chi connectivity index (χ4v) is 3.83. The summed E-state index contributed by atoms with van der Waals surface area (Å²) in [5, 5.41) is 3.88. The summed E-state index contributed by atoms with van der Waals surface area (Å²) in [6.07, 6.45) is 6.34. The van der Waals surface area contributed by atoms with Crippen LogP contribution in [-0.2, 0) is 10.2 Å². The molecular weight excluding hydrogens is 246 g/mol. The molecule has 2 heteroatoms. The first-order valence-corrected chi connectivity index (χ1v) is 8.23. The molecule has 0 amide bonds. The minimum absolute atomic E-state index is 0.288. The van der Waals surface area contributed by atoms with E-state index in [0.717, 1.165) is 38.5 Å². The zero-order valence-corrected chi connectivity index (χ0v) is 12.6. The molecule has 2 aliphatic rings. The van der Waals surface area contributed by atoms with E-state index in [2.05, 4.69) is 42.6 Å². The molecule has 2 nitrogen and oxygen atoms in total. The highest BCUT2D eigenvalue weighted by Gasteiger charge is 2.47. The van der Waals surface area contributed by atoms with E-state index >= 15 is 0 Å². The van der Waals surface area contributed by atoms with E-state index in [4.69, 9.17) is 4.74 Å². The Labute approximate surface area is 122 Å². The summed E-state index contributed by atoms with van der Waals surface area (Å²) in [6, 6.07) is 11.8. The molecule has 1 aliphatic carbocycles. The molecule has 0 radical (unpaired) electrons. The summed E-state index contributed by atoms with van der Waals surface area (Å²) in [5.41, 5.74) is 1.80. The van der Waals surface area contributed by atoms with Crippen LogP contribution < -0.4 is 5.32 Å². The zero-order chi connectivity index (χ0) is 13.8.